The fourth-order valence-corrected chi connectivity index (χ4v) is 4.15. The van der Waals surface area contributed by atoms with Gasteiger partial charge in [-0.3, -0.25) is 9.48 Å². The molecule has 1 unspecified atom stereocenters. The normalized spacial score (nSPS) is 17.5. The second-order valence-electron chi connectivity index (χ2n) is 5.86. The van der Waals surface area contributed by atoms with Gasteiger partial charge in [-0.1, -0.05) is 12.8 Å². The van der Waals surface area contributed by atoms with Gasteiger partial charge in [0.2, 0.25) is 0 Å². The van der Waals surface area contributed by atoms with Crippen molar-refractivity contribution in [1.29, 1.82) is 0 Å². The van der Waals surface area contributed by atoms with E-state index in [1.165, 1.54) is 24.2 Å². The number of amides is 1. The summed E-state index contributed by atoms with van der Waals surface area (Å²) in [4.78, 5) is 13.9. The topological polar surface area (TPSA) is 67.2 Å². The first-order valence-corrected chi connectivity index (χ1v) is 8.27. The Bertz CT molecular complexity index is 621. The van der Waals surface area contributed by atoms with Gasteiger partial charge >= 0.3 is 0 Å². The summed E-state index contributed by atoms with van der Waals surface area (Å²) in [5, 5.41) is 18.3. The molecule has 1 amide bonds. The number of carbonyl (C=O) groups excluding carboxylic acids is 1. The van der Waals surface area contributed by atoms with Crippen molar-refractivity contribution in [2.45, 2.75) is 38.7 Å². The first-order valence-electron chi connectivity index (χ1n) is 7.45. The Morgan fingerprint density at radius 2 is 2.29 bits per heavy atom. The molecule has 1 saturated carbocycles. The van der Waals surface area contributed by atoms with E-state index in [-0.39, 0.29) is 5.91 Å². The summed E-state index contributed by atoms with van der Waals surface area (Å²) in [5.74, 6) is 0.242. The summed E-state index contributed by atoms with van der Waals surface area (Å²) in [6, 6.07) is 1.89. The van der Waals surface area contributed by atoms with Crippen molar-refractivity contribution < 1.29 is 9.90 Å². The second kappa shape index (κ2) is 5.77. The maximum atomic E-state index is 12.2. The molecule has 0 bridgehead atoms. The van der Waals surface area contributed by atoms with Crippen LogP contribution in [0.5, 0.6) is 0 Å². The number of hydrogen-bond acceptors (Lipinski definition) is 4. The Morgan fingerprint density at radius 1 is 1.57 bits per heavy atom. The van der Waals surface area contributed by atoms with E-state index in [0.717, 1.165) is 28.8 Å². The van der Waals surface area contributed by atoms with Crippen LogP contribution < -0.4 is 5.32 Å². The summed E-state index contributed by atoms with van der Waals surface area (Å²) in [5.41, 5.74) is 0.939. The molecule has 1 fully saturated rings. The maximum absolute atomic E-state index is 12.2. The third-order valence-electron chi connectivity index (χ3n) is 4.34. The van der Waals surface area contributed by atoms with Crippen molar-refractivity contribution in [1.82, 2.24) is 15.1 Å². The quantitative estimate of drug-likeness (QED) is 0.910. The van der Waals surface area contributed by atoms with Crippen molar-refractivity contribution in [3.8, 4) is 0 Å². The molecule has 114 valence electrons. The van der Waals surface area contributed by atoms with Crippen LogP contribution in [-0.4, -0.2) is 33.4 Å². The van der Waals surface area contributed by atoms with Crippen molar-refractivity contribution in [2.24, 2.45) is 13.0 Å². The maximum Gasteiger partial charge on any atom is 0.261 e. The zero-order valence-electron chi connectivity index (χ0n) is 12.4. The Kier molecular flexibility index (Phi) is 3.99. The van der Waals surface area contributed by atoms with Gasteiger partial charge < -0.3 is 10.4 Å². The lowest BCUT2D eigenvalue weighted by molar-refractivity contribution is 0.0844. The average Bonchev–Trinajstić information content (AvgIpc) is 3.15. The van der Waals surface area contributed by atoms with Crippen LogP contribution in [-0.2, 0) is 7.05 Å². The van der Waals surface area contributed by atoms with Crippen LogP contribution >= 0.6 is 11.3 Å². The Balaban J connectivity index is 1.65. The summed E-state index contributed by atoms with van der Waals surface area (Å²) in [6.07, 6.45) is 4.11. The minimum absolute atomic E-state index is 0.104. The molecule has 0 spiro atoms. The molecule has 3 rings (SSSR count). The van der Waals surface area contributed by atoms with Crippen molar-refractivity contribution >= 4 is 27.5 Å². The highest BCUT2D eigenvalue weighted by atomic mass is 32.1. The number of rotatable bonds is 4. The lowest BCUT2D eigenvalue weighted by Gasteiger charge is -2.17. The van der Waals surface area contributed by atoms with Gasteiger partial charge in [-0.15, -0.1) is 11.3 Å². The predicted molar refractivity (Wildman–Crippen MR) is 83.6 cm³/mol. The first kappa shape index (κ1) is 14.5. The van der Waals surface area contributed by atoms with Crippen molar-refractivity contribution in [3.63, 3.8) is 0 Å². The van der Waals surface area contributed by atoms with Gasteiger partial charge in [0, 0.05) is 19.0 Å². The molecule has 1 aliphatic rings. The van der Waals surface area contributed by atoms with E-state index in [1.54, 1.807) is 4.68 Å². The molecule has 5 nitrogen and oxygen atoms in total. The molecule has 0 aliphatic heterocycles. The van der Waals surface area contributed by atoms with Crippen LogP contribution in [0.2, 0.25) is 0 Å². The van der Waals surface area contributed by atoms with Crippen LogP contribution in [0.4, 0.5) is 0 Å². The summed E-state index contributed by atoms with van der Waals surface area (Å²) < 4.78 is 1.81. The Labute approximate surface area is 128 Å². The minimum Gasteiger partial charge on any atom is -0.391 e. The fourth-order valence-electron chi connectivity index (χ4n) is 3.11. The lowest BCUT2D eigenvalue weighted by Crippen LogP contribution is -2.35. The van der Waals surface area contributed by atoms with Gasteiger partial charge in [-0.2, -0.15) is 5.10 Å². The number of hydrogen-bond donors (Lipinski definition) is 2. The van der Waals surface area contributed by atoms with Crippen LogP contribution in [0.15, 0.2) is 6.07 Å². The van der Waals surface area contributed by atoms with E-state index in [4.69, 9.17) is 0 Å². The lowest BCUT2D eigenvalue weighted by atomic mass is 10.0. The molecule has 2 heterocycles. The fraction of sp³-hybridized carbons (Fsp3) is 0.600. The molecule has 0 saturated heterocycles. The number of aliphatic hydroxyl groups excluding tert-OH is 1. The van der Waals surface area contributed by atoms with E-state index in [9.17, 15) is 9.90 Å². The highest BCUT2D eigenvalue weighted by Gasteiger charge is 2.24. The standard InChI is InChI=1S/C15H21N3O2S/c1-9-11-7-13(21-15(11)18(2)17-9)14(20)16-8-12(19)10-5-3-4-6-10/h7,10,12,19H,3-6,8H2,1-2H3,(H,16,20). The van der Waals surface area contributed by atoms with Gasteiger partial charge in [-0.25, -0.2) is 0 Å². The van der Waals surface area contributed by atoms with Gasteiger partial charge in [0.1, 0.15) is 4.83 Å². The predicted octanol–water partition coefficient (Wildman–Crippen LogP) is 2.22. The molecule has 21 heavy (non-hydrogen) atoms. The molecule has 1 atom stereocenters. The summed E-state index contributed by atoms with van der Waals surface area (Å²) >= 11 is 1.44. The molecule has 0 aromatic carbocycles. The van der Waals surface area contributed by atoms with Gasteiger partial charge in [-0.05, 0) is 31.7 Å². The molecule has 0 radical (unpaired) electrons. The molecule has 2 aromatic rings. The van der Waals surface area contributed by atoms with E-state index in [0.29, 0.717) is 17.3 Å². The molecular weight excluding hydrogens is 286 g/mol. The zero-order valence-corrected chi connectivity index (χ0v) is 13.2. The van der Waals surface area contributed by atoms with Crippen LogP contribution in [0.3, 0.4) is 0 Å². The number of fused-ring (bicyclic) bond motifs is 1. The average molecular weight is 307 g/mol. The molecule has 2 aromatic heterocycles. The van der Waals surface area contributed by atoms with E-state index in [2.05, 4.69) is 10.4 Å². The van der Waals surface area contributed by atoms with E-state index in [1.807, 2.05) is 20.0 Å². The van der Waals surface area contributed by atoms with Crippen LogP contribution in [0.1, 0.15) is 41.0 Å². The monoisotopic (exact) mass is 307 g/mol. The number of aromatic nitrogens is 2. The second-order valence-corrected chi connectivity index (χ2v) is 6.89. The number of nitrogens with one attached hydrogen (secondary N) is 1. The van der Waals surface area contributed by atoms with Crippen molar-refractivity contribution in [2.75, 3.05) is 6.54 Å². The largest absolute Gasteiger partial charge is 0.391 e. The third kappa shape index (κ3) is 2.82. The molecule has 1 aliphatic carbocycles. The molecule has 6 heteroatoms. The molecule has 2 N–H and O–H groups in total. The highest BCUT2D eigenvalue weighted by Crippen LogP contribution is 2.29. The van der Waals surface area contributed by atoms with Gasteiger partial charge in [0.25, 0.3) is 5.91 Å². The van der Waals surface area contributed by atoms with Gasteiger partial charge in [0.05, 0.1) is 16.7 Å². The first-order chi connectivity index (χ1) is 10.1. The third-order valence-corrected chi connectivity index (χ3v) is 5.54. The summed E-state index contributed by atoms with van der Waals surface area (Å²) in [6.45, 7) is 2.29. The smallest absolute Gasteiger partial charge is 0.261 e. The SMILES string of the molecule is Cc1nn(C)c2sc(C(=O)NCC(O)C3CCCC3)cc12. The highest BCUT2D eigenvalue weighted by molar-refractivity contribution is 7.20. The van der Waals surface area contributed by atoms with E-state index >= 15 is 0 Å². The number of thiophene rings is 1. The van der Waals surface area contributed by atoms with Crippen LogP contribution in [0, 0.1) is 12.8 Å². The number of aryl methyl sites for hydroxylation is 2. The van der Waals surface area contributed by atoms with Crippen molar-refractivity contribution in [3.05, 3.63) is 16.6 Å². The summed E-state index contributed by atoms with van der Waals surface area (Å²) in [7, 11) is 1.89. The molecular formula is C15H21N3O2S. The Hall–Kier alpha value is -1.40. The van der Waals surface area contributed by atoms with Gasteiger partial charge in [0.15, 0.2) is 0 Å². The minimum atomic E-state index is -0.422. The number of aliphatic hydroxyl groups is 1. The van der Waals surface area contributed by atoms with E-state index < -0.39 is 6.10 Å². The number of nitrogens with zero attached hydrogens (tertiary/aromatic N) is 2. The Morgan fingerprint density at radius 3 is 2.95 bits per heavy atom. The van der Waals surface area contributed by atoms with Crippen LogP contribution in [0.25, 0.3) is 10.2 Å². The zero-order chi connectivity index (χ0) is 15.0. The number of carbonyl (C=O) groups is 1.